The third-order valence-electron chi connectivity index (χ3n) is 3.66. The van der Waals surface area contributed by atoms with Crippen molar-refractivity contribution in [1.82, 2.24) is 10.6 Å². The second-order valence-corrected chi connectivity index (χ2v) is 5.75. The average molecular weight is 351 g/mol. The molecular weight excluding hydrogens is 332 g/mol. The Bertz CT molecular complexity index is 702. The summed E-state index contributed by atoms with van der Waals surface area (Å²) < 4.78 is 11.0. The fraction of sp³-hybridized carbons (Fsp3) is 0.294. The Balaban J connectivity index is 2.60. The number of methoxy groups -OCH3 is 1. The zero-order valence-corrected chi connectivity index (χ0v) is 14.3. The molecule has 1 fully saturated rings. The highest BCUT2D eigenvalue weighted by molar-refractivity contribution is 6.30. The maximum atomic E-state index is 12.1. The van der Waals surface area contributed by atoms with E-state index in [9.17, 15) is 9.59 Å². The van der Waals surface area contributed by atoms with Gasteiger partial charge in [-0.2, -0.15) is 0 Å². The van der Waals surface area contributed by atoms with Crippen LogP contribution in [0.4, 0.5) is 4.79 Å². The van der Waals surface area contributed by atoms with Crippen molar-refractivity contribution in [3.8, 4) is 11.5 Å². The Morgan fingerprint density at radius 2 is 2.17 bits per heavy atom. The number of urea groups is 1. The number of hydrogen-bond acceptors (Lipinski definition) is 4. The van der Waals surface area contributed by atoms with E-state index >= 15 is 0 Å². The van der Waals surface area contributed by atoms with Crippen molar-refractivity contribution in [1.29, 1.82) is 0 Å². The van der Waals surface area contributed by atoms with Gasteiger partial charge in [-0.05, 0) is 13.0 Å². The van der Waals surface area contributed by atoms with Gasteiger partial charge in [-0.1, -0.05) is 30.8 Å². The number of ether oxygens (including phenoxy) is 2. The van der Waals surface area contributed by atoms with Gasteiger partial charge < -0.3 is 20.1 Å². The molecule has 1 aromatic rings. The second kappa shape index (κ2) is 7.40. The van der Waals surface area contributed by atoms with Crippen LogP contribution in [-0.2, 0) is 4.79 Å². The summed E-state index contributed by atoms with van der Waals surface area (Å²) >= 11 is 6.16. The SMILES string of the molecule is C=CCOc1c(OC)cc(Cl)cc1[C@@H]1NC(=O)NC(=C)[C@H]1C(C)=O. The largest absolute Gasteiger partial charge is 0.493 e. The van der Waals surface area contributed by atoms with Crippen LogP contribution >= 0.6 is 11.6 Å². The van der Waals surface area contributed by atoms with E-state index in [4.69, 9.17) is 21.1 Å². The fourth-order valence-corrected chi connectivity index (χ4v) is 2.91. The minimum Gasteiger partial charge on any atom is -0.493 e. The van der Waals surface area contributed by atoms with Crippen molar-refractivity contribution in [2.75, 3.05) is 13.7 Å². The highest BCUT2D eigenvalue weighted by atomic mass is 35.5. The highest BCUT2D eigenvalue weighted by Gasteiger charge is 2.38. The molecule has 2 N–H and O–H groups in total. The number of carbonyl (C=O) groups is 2. The van der Waals surface area contributed by atoms with Crippen LogP contribution in [0.1, 0.15) is 18.5 Å². The van der Waals surface area contributed by atoms with Gasteiger partial charge in [0.2, 0.25) is 0 Å². The topological polar surface area (TPSA) is 76.7 Å². The van der Waals surface area contributed by atoms with Crippen molar-refractivity contribution in [3.05, 3.63) is 47.6 Å². The summed E-state index contributed by atoms with van der Waals surface area (Å²) in [6.07, 6.45) is 1.58. The van der Waals surface area contributed by atoms with Gasteiger partial charge in [-0.25, -0.2) is 4.79 Å². The van der Waals surface area contributed by atoms with Crippen LogP contribution in [0.5, 0.6) is 11.5 Å². The van der Waals surface area contributed by atoms with E-state index in [-0.39, 0.29) is 12.4 Å². The number of benzene rings is 1. The molecule has 1 saturated heterocycles. The minimum absolute atomic E-state index is 0.147. The first-order chi connectivity index (χ1) is 11.4. The summed E-state index contributed by atoms with van der Waals surface area (Å²) in [4.78, 5) is 24.0. The van der Waals surface area contributed by atoms with Crippen molar-refractivity contribution in [2.24, 2.45) is 5.92 Å². The van der Waals surface area contributed by atoms with Gasteiger partial charge in [-0.15, -0.1) is 0 Å². The summed E-state index contributed by atoms with van der Waals surface area (Å²) in [5.74, 6) is -0.00355. The molecular formula is C17H19ClN2O4. The molecule has 0 unspecified atom stereocenters. The molecule has 0 aromatic heterocycles. The van der Waals surface area contributed by atoms with Gasteiger partial charge in [0.15, 0.2) is 11.5 Å². The van der Waals surface area contributed by atoms with Crippen LogP contribution in [0, 0.1) is 5.92 Å². The first-order valence-electron chi connectivity index (χ1n) is 7.27. The van der Waals surface area contributed by atoms with E-state index in [2.05, 4.69) is 23.8 Å². The lowest BCUT2D eigenvalue weighted by molar-refractivity contribution is -0.120. The van der Waals surface area contributed by atoms with E-state index in [1.807, 2.05) is 0 Å². The third-order valence-corrected chi connectivity index (χ3v) is 3.87. The van der Waals surface area contributed by atoms with Gasteiger partial charge in [-0.3, -0.25) is 4.79 Å². The van der Waals surface area contributed by atoms with Crippen molar-refractivity contribution in [3.63, 3.8) is 0 Å². The summed E-state index contributed by atoms with van der Waals surface area (Å²) in [5, 5.41) is 5.66. The van der Waals surface area contributed by atoms with E-state index in [0.29, 0.717) is 27.8 Å². The molecule has 1 aliphatic rings. The molecule has 7 heteroatoms. The van der Waals surface area contributed by atoms with Crippen LogP contribution < -0.4 is 20.1 Å². The second-order valence-electron chi connectivity index (χ2n) is 5.32. The van der Waals surface area contributed by atoms with Crippen LogP contribution in [0.2, 0.25) is 5.02 Å². The third kappa shape index (κ3) is 3.54. The zero-order chi connectivity index (χ0) is 17.9. The normalized spacial score (nSPS) is 20.0. The number of carbonyl (C=O) groups excluding carboxylic acids is 2. The molecule has 0 spiro atoms. The first-order valence-corrected chi connectivity index (χ1v) is 7.64. The number of Topliss-reactive ketones (excluding diaryl/α,β-unsaturated/α-hetero) is 1. The number of hydrogen-bond donors (Lipinski definition) is 2. The van der Waals surface area contributed by atoms with Crippen molar-refractivity contribution < 1.29 is 19.1 Å². The number of rotatable bonds is 6. The van der Waals surface area contributed by atoms with E-state index in [0.717, 1.165) is 0 Å². The predicted octanol–water partition coefficient (Wildman–Crippen LogP) is 2.99. The molecule has 2 rings (SSSR count). The van der Waals surface area contributed by atoms with Crippen LogP contribution in [0.3, 0.4) is 0 Å². The molecule has 128 valence electrons. The van der Waals surface area contributed by atoms with Crippen molar-refractivity contribution in [2.45, 2.75) is 13.0 Å². The molecule has 0 saturated carbocycles. The Morgan fingerprint density at radius 3 is 2.75 bits per heavy atom. The number of halogens is 1. The zero-order valence-electron chi connectivity index (χ0n) is 13.5. The standard InChI is InChI=1S/C17H19ClN2O4/c1-5-6-24-16-12(7-11(18)8-13(16)23-4)15-14(10(3)21)9(2)19-17(22)20-15/h5,7-8,14-15H,1-2,6H2,3-4H3,(H2,19,20,22)/t14-,15-/m0/s1. The van der Waals surface area contributed by atoms with Gasteiger partial charge in [0.25, 0.3) is 0 Å². The molecule has 0 bridgehead atoms. The van der Waals surface area contributed by atoms with Gasteiger partial charge in [0.05, 0.1) is 19.1 Å². The Kier molecular flexibility index (Phi) is 5.51. The molecule has 0 radical (unpaired) electrons. The van der Waals surface area contributed by atoms with E-state index < -0.39 is 18.0 Å². The maximum absolute atomic E-state index is 12.1. The summed E-state index contributed by atoms with van der Waals surface area (Å²) in [7, 11) is 1.48. The smallest absolute Gasteiger partial charge is 0.319 e. The Morgan fingerprint density at radius 1 is 1.46 bits per heavy atom. The number of nitrogens with one attached hydrogen (secondary N) is 2. The first kappa shape index (κ1) is 17.9. The lowest BCUT2D eigenvalue weighted by Crippen LogP contribution is -2.50. The maximum Gasteiger partial charge on any atom is 0.319 e. The summed E-state index contributed by atoms with van der Waals surface area (Å²) in [6.45, 7) is 9.07. The predicted molar refractivity (Wildman–Crippen MR) is 91.4 cm³/mol. The molecule has 0 aliphatic carbocycles. The van der Waals surface area contributed by atoms with Crippen molar-refractivity contribution >= 4 is 23.4 Å². The van der Waals surface area contributed by atoms with Crippen LogP contribution in [-0.4, -0.2) is 25.5 Å². The van der Waals surface area contributed by atoms with E-state index in [1.165, 1.54) is 14.0 Å². The molecule has 2 atom stereocenters. The fourth-order valence-electron chi connectivity index (χ4n) is 2.69. The number of ketones is 1. The number of amides is 2. The van der Waals surface area contributed by atoms with Gasteiger partial charge in [0.1, 0.15) is 12.4 Å². The quantitative estimate of drug-likeness (QED) is 0.773. The summed E-state index contributed by atoms with van der Waals surface area (Å²) in [6, 6.07) is 2.12. The lowest BCUT2D eigenvalue weighted by atomic mass is 9.85. The van der Waals surface area contributed by atoms with Crippen LogP contribution in [0.25, 0.3) is 0 Å². The summed E-state index contributed by atoms with van der Waals surface area (Å²) in [5.41, 5.74) is 0.863. The van der Waals surface area contributed by atoms with Gasteiger partial charge >= 0.3 is 6.03 Å². The van der Waals surface area contributed by atoms with Gasteiger partial charge in [0, 0.05) is 22.3 Å². The molecule has 1 aliphatic heterocycles. The molecule has 1 heterocycles. The highest BCUT2D eigenvalue weighted by Crippen LogP contribution is 2.42. The Hall–Kier alpha value is -2.47. The monoisotopic (exact) mass is 350 g/mol. The lowest BCUT2D eigenvalue weighted by Gasteiger charge is -2.34. The molecule has 24 heavy (non-hydrogen) atoms. The molecule has 6 nitrogen and oxygen atoms in total. The van der Waals surface area contributed by atoms with E-state index in [1.54, 1.807) is 18.2 Å². The average Bonchev–Trinajstić information content (AvgIpc) is 2.51. The molecule has 1 aromatic carbocycles. The Labute approximate surface area is 145 Å². The minimum atomic E-state index is -0.670. The van der Waals surface area contributed by atoms with Crippen LogP contribution in [0.15, 0.2) is 37.1 Å². The molecule has 2 amide bonds.